The molecule has 1 unspecified atom stereocenters. The van der Waals surface area contributed by atoms with Gasteiger partial charge in [0.05, 0.1) is 0 Å². The molecule has 106 valence electrons. The standard InChI is InChI=1S/C15H22F2N2/c1-10(2)19(8-11-6-7-11)9-14(18)12-4-3-5-13(16)15(12)17/h3-5,10-11,14H,6-9,18H2,1-2H3. The fraction of sp³-hybridized carbons (Fsp3) is 0.600. The van der Waals surface area contributed by atoms with Crippen molar-refractivity contribution in [3.63, 3.8) is 0 Å². The predicted octanol–water partition coefficient (Wildman–Crippen LogP) is 3.09. The van der Waals surface area contributed by atoms with Crippen molar-refractivity contribution in [2.75, 3.05) is 13.1 Å². The van der Waals surface area contributed by atoms with Gasteiger partial charge in [-0.05, 0) is 38.7 Å². The van der Waals surface area contributed by atoms with Crippen LogP contribution in [0.5, 0.6) is 0 Å². The number of rotatable bonds is 6. The molecule has 0 saturated heterocycles. The van der Waals surface area contributed by atoms with Crippen LogP contribution in [0.2, 0.25) is 0 Å². The molecular weight excluding hydrogens is 246 g/mol. The van der Waals surface area contributed by atoms with E-state index in [0.29, 0.717) is 12.6 Å². The molecule has 1 aliphatic carbocycles. The Kier molecular flexibility index (Phi) is 4.53. The van der Waals surface area contributed by atoms with E-state index in [2.05, 4.69) is 18.7 Å². The summed E-state index contributed by atoms with van der Waals surface area (Å²) in [6.07, 6.45) is 2.54. The lowest BCUT2D eigenvalue weighted by atomic mass is 10.1. The Morgan fingerprint density at radius 1 is 1.32 bits per heavy atom. The van der Waals surface area contributed by atoms with Crippen LogP contribution < -0.4 is 5.73 Å². The van der Waals surface area contributed by atoms with Crippen LogP contribution in [-0.4, -0.2) is 24.0 Å². The van der Waals surface area contributed by atoms with Gasteiger partial charge in [-0.2, -0.15) is 0 Å². The quantitative estimate of drug-likeness (QED) is 0.859. The van der Waals surface area contributed by atoms with Crippen molar-refractivity contribution in [1.29, 1.82) is 0 Å². The molecule has 0 radical (unpaired) electrons. The second-order valence-electron chi connectivity index (χ2n) is 5.74. The first kappa shape index (κ1) is 14.4. The van der Waals surface area contributed by atoms with Crippen molar-refractivity contribution < 1.29 is 8.78 Å². The maximum absolute atomic E-state index is 13.7. The Bertz CT molecular complexity index is 430. The second kappa shape index (κ2) is 5.97. The third-order valence-corrected chi connectivity index (χ3v) is 3.73. The van der Waals surface area contributed by atoms with E-state index in [1.54, 1.807) is 6.07 Å². The lowest BCUT2D eigenvalue weighted by Gasteiger charge is -2.29. The molecule has 2 nitrogen and oxygen atoms in total. The molecule has 0 bridgehead atoms. The topological polar surface area (TPSA) is 29.3 Å². The summed E-state index contributed by atoms with van der Waals surface area (Å²) in [6, 6.07) is 4.07. The second-order valence-corrected chi connectivity index (χ2v) is 5.74. The highest BCUT2D eigenvalue weighted by molar-refractivity contribution is 5.22. The van der Waals surface area contributed by atoms with E-state index >= 15 is 0 Å². The van der Waals surface area contributed by atoms with Crippen LogP contribution >= 0.6 is 0 Å². The highest BCUT2D eigenvalue weighted by Crippen LogP contribution is 2.31. The Balaban J connectivity index is 2.05. The first-order chi connectivity index (χ1) is 8.99. The molecule has 1 fully saturated rings. The molecule has 0 heterocycles. The first-order valence-electron chi connectivity index (χ1n) is 6.92. The van der Waals surface area contributed by atoms with E-state index in [4.69, 9.17) is 5.73 Å². The summed E-state index contributed by atoms with van der Waals surface area (Å²) in [6.45, 7) is 5.78. The third kappa shape index (κ3) is 3.74. The Hall–Kier alpha value is -1.00. The zero-order chi connectivity index (χ0) is 14.0. The average molecular weight is 268 g/mol. The highest BCUT2D eigenvalue weighted by Gasteiger charge is 2.27. The zero-order valence-corrected chi connectivity index (χ0v) is 11.6. The number of hydrogen-bond acceptors (Lipinski definition) is 2. The van der Waals surface area contributed by atoms with Crippen LogP contribution in [0.4, 0.5) is 8.78 Å². The maximum Gasteiger partial charge on any atom is 0.163 e. The van der Waals surface area contributed by atoms with E-state index in [1.165, 1.54) is 18.9 Å². The molecule has 1 saturated carbocycles. The van der Waals surface area contributed by atoms with E-state index < -0.39 is 17.7 Å². The van der Waals surface area contributed by atoms with Crippen LogP contribution in [0, 0.1) is 17.6 Å². The SMILES string of the molecule is CC(C)N(CC1CC1)CC(N)c1cccc(F)c1F. The molecule has 2 N–H and O–H groups in total. The van der Waals surface area contributed by atoms with Crippen LogP contribution in [0.3, 0.4) is 0 Å². The zero-order valence-electron chi connectivity index (χ0n) is 11.6. The van der Waals surface area contributed by atoms with Gasteiger partial charge in [-0.3, -0.25) is 4.90 Å². The van der Waals surface area contributed by atoms with Gasteiger partial charge in [0.15, 0.2) is 11.6 Å². The van der Waals surface area contributed by atoms with Crippen molar-refractivity contribution in [2.24, 2.45) is 11.7 Å². The normalized spacial score (nSPS) is 17.2. The molecule has 1 aromatic rings. The minimum Gasteiger partial charge on any atom is -0.323 e. The van der Waals surface area contributed by atoms with Gasteiger partial charge in [0.1, 0.15) is 0 Å². The summed E-state index contributed by atoms with van der Waals surface area (Å²) >= 11 is 0. The first-order valence-corrected chi connectivity index (χ1v) is 6.92. The average Bonchev–Trinajstić information content (AvgIpc) is 3.15. The molecule has 0 aliphatic heterocycles. The van der Waals surface area contributed by atoms with E-state index in [0.717, 1.165) is 18.5 Å². The van der Waals surface area contributed by atoms with Crippen molar-refractivity contribution in [1.82, 2.24) is 4.90 Å². The molecule has 1 aromatic carbocycles. The van der Waals surface area contributed by atoms with Crippen molar-refractivity contribution in [2.45, 2.75) is 38.8 Å². The monoisotopic (exact) mass is 268 g/mol. The Morgan fingerprint density at radius 2 is 2.00 bits per heavy atom. The molecule has 2 rings (SSSR count). The minimum atomic E-state index is -0.828. The number of benzene rings is 1. The summed E-state index contributed by atoms with van der Waals surface area (Å²) in [7, 11) is 0. The smallest absolute Gasteiger partial charge is 0.163 e. The largest absolute Gasteiger partial charge is 0.323 e. The van der Waals surface area contributed by atoms with Crippen LogP contribution in [-0.2, 0) is 0 Å². The number of halogens is 2. The van der Waals surface area contributed by atoms with Crippen LogP contribution in [0.15, 0.2) is 18.2 Å². The molecule has 0 aromatic heterocycles. The lowest BCUT2D eigenvalue weighted by Crippen LogP contribution is -2.38. The number of nitrogens with two attached hydrogens (primary N) is 1. The summed E-state index contributed by atoms with van der Waals surface area (Å²) in [5.41, 5.74) is 6.32. The lowest BCUT2D eigenvalue weighted by molar-refractivity contribution is 0.199. The fourth-order valence-electron chi connectivity index (χ4n) is 2.29. The van der Waals surface area contributed by atoms with Gasteiger partial charge < -0.3 is 5.73 Å². The molecule has 1 aliphatic rings. The number of nitrogens with zero attached hydrogens (tertiary/aromatic N) is 1. The Morgan fingerprint density at radius 3 is 2.58 bits per heavy atom. The van der Waals surface area contributed by atoms with Gasteiger partial charge in [0, 0.05) is 30.7 Å². The number of hydrogen-bond donors (Lipinski definition) is 1. The molecule has 4 heteroatoms. The van der Waals surface area contributed by atoms with Gasteiger partial charge in [0.2, 0.25) is 0 Å². The molecule has 19 heavy (non-hydrogen) atoms. The fourth-order valence-corrected chi connectivity index (χ4v) is 2.29. The van der Waals surface area contributed by atoms with E-state index in [-0.39, 0.29) is 5.56 Å². The molecule has 0 amide bonds. The maximum atomic E-state index is 13.7. The predicted molar refractivity (Wildman–Crippen MR) is 72.7 cm³/mol. The summed E-state index contributed by atoms with van der Waals surface area (Å²) in [4.78, 5) is 2.26. The summed E-state index contributed by atoms with van der Waals surface area (Å²) in [5.74, 6) is -0.886. The molecule has 0 spiro atoms. The van der Waals surface area contributed by atoms with Crippen molar-refractivity contribution >= 4 is 0 Å². The van der Waals surface area contributed by atoms with Crippen LogP contribution in [0.1, 0.15) is 38.3 Å². The minimum absolute atomic E-state index is 0.265. The van der Waals surface area contributed by atoms with E-state index in [9.17, 15) is 8.78 Å². The molecule has 1 atom stereocenters. The van der Waals surface area contributed by atoms with E-state index in [1.807, 2.05) is 0 Å². The van der Waals surface area contributed by atoms with Gasteiger partial charge in [-0.25, -0.2) is 8.78 Å². The summed E-state index contributed by atoms with van der Waals surface area (Å²) in [5, 5.41) is 0. The van der Waals surface area contributed by atoms with Gasteiger partial charge >= 0.3 is 0 Å². The van der Waals surface area contributed by atoms with Crippen LogP contribution in [0.25, 0.3) is 0 Å². The van der Waals surface area contributed by atoms with Gasteiger partial charge in [-0.15, -0.1) is 0 Å². The highest BCUT2D eigenvalue weighted by atomic mass is 19.2. The van der Waals surface area contributed by atoms with Crippen molar-refractivity contribution in [3.8, 4) is 0 Å². The Labute approximate surface area is 113 Å². The third-order valence-electron chi connectivity index (χ3n) is 3.73. The summed E-state index contributed by atoms with van der Waals surface area (Å²) < 4.78 is 26.9. The van der Waals surface area contributed by atoms with Gasteiger partial charge in [-0.1, -0.05) is 12.1 Å². The van der Waals surface area contributed by atoms with Crippen molar-refractivity contribution in [3.05, 3.63) is 35.4 Å². The molecular formula is C15H22F2N2. The van der Waals surface area contributed by atoms with Gasteiger partial charge in [0.25, 0.3) is 0 Å².